The Labute approximate surface area is 134 Å². The van der Waals surface area contributed by atoms with Crippen molar-refractivity contribution in [2.24, 2.45) is 0 Å². The molecule has 1 aromatic rings. The van der Waals surface area contributed by atoms with Crippen molar-refractivity contribution in [1.29, 1.82) is 0 Å². The van der Waals surface area contributed by atoms with Gasteiger partial charge < -0.3 is 5.32 Å². The van der Waals surface area contributed by atoms with Crippen molar-refractivity contribution in [3.63, 3.8) is 0 Å². The molecule has 0 saturated carbocycles. The molecule has 1 aromatic heterocycles. The molecule has 1 N–H and O–H groups in total. The predicted molar refractivity (Wildman–Crippen MR) is 91.9 cm³/mol. The summed E-state index contributed by atoms with van der Waals surface area (Å²) in [4.78, 5) is 7.43. The quantitative estimate of drug-likeness (QED) is 0.865. The van der Waals surface area contributed by atoms with E-state index >= 15 is 0 Å². The van der Waals surface area contributed by atoms with Gasteiger partial charge in [-0.15, -0.1) is 11.3 Å². The third-order valence-electron chi connectivity index (χ3n) is 4.05. The van der Waals surface area contributed by atoms with Crippen LogP contribution in [0.4, 0.5) is 0 Å². The normalized spacial score (nSPS) is 20.9. The fraction of sp³-hybridized carbons (Fsp3) is 0.824. The Bertz CT molecular complexity index is 422. The van der Waals surface area contributed by atoms with Gasteiger partial charge in [-0.05, 0) is 53.0 Å². The van der Waals surface area contributed by atoms with Gasteiger partial charge in [-0.3, -0.25) is 4.90 Å². The number of hydrogen-bond donors (Lipinski definition) is 1. The van der Waals surface area contributed by atoms with Gasteiger partial charge in [0.05, 0.1) is 10.7 Å². The molecule has 1 unspecified atom stereocenters. The second kappa shape index (κ2) is 7.70. The molecular formula is C17H31N3S. The number of nitrogens with zero attached hydrogens (tertiary/aromatic N) is 2. The van der Waals surface area contributed by atoms with Crippen LogP contribution in [0.25, 0.3) is 0 Å². The van der Waals surface area contributed by atoms with Crippen molar-refractivity contribution in [2.75, 3.05) is 13.1 Å². The summed E-state index contributed by atoms with van der Waals surface area (Å²) in [5, 5.41) is 7.23. The molecule has 2 rings (SSSR count). The van der Waals surface area contributed by atoms with E-state index in [-0.39, 0.29) is 5.54 Å². The van der Waals surface area contributed by atoms with Crippen LogP contribution in [0.1, 0.15) is 64.1 Å². The van der Waals surface area contributed by atoms with E-state index in [9.17, 15) is 0 Å². The molecule has 0 aliphatic carbocycles. The zero-order chi connectivity index (χ0) is 15.3. The summed E-state index contributed by atoms with van der Waals surface area (Å²) in [5.74, 6) is 0. The highest BCUT2D eigenvalue weighted by Gasteiger charge is 2.24. The van der Waals surface area contributed by atoms with Crippen LogP contribution >= 0.6 is 11.3 Å². The topological polar surface area (TPSA) is 28.2 Å². The van der Waals surface area contributed by atoms with E-state index in [0.717, 1.165) is 19.5 Å². The highest BCUT2D eigenvalue weighted by Crippen LogP contribution is 2.21. The lowest BCUT2D eigenvalue weighted by atomic mass is 10.0. The Balaban J connectivity index is 1.91. The third kappa shape index (κ3) is 5.68. The molecule has 1 saturated heterocycles. The van der Waals surface area contributed by atoms with E-state index in [0.29, 0.717) is 6.04 Å². The number of aryl methyl sites for hydroxylation is 1. The monoisotopic (exact) mass is 309 g/mol. The maximum atomic E-state index is 4.79. The second-order valence-corrected chi connectivity index (χ2v) is 8.18. The van der Waals surface area contributed by atoms with Crippen LogP contribution in [-0.4, -0.2) is 34.6 Å². The number of piperidine rings is 1. The lowest BCUT2D eigenvalue weighted by molar-refractivity contribution is 0.130. The fourth-order valence-electron chi connectivity index (χ4n) is 2.88. The SMILES string of the molecule is CCCc1nc(CN2CCCCC2CNC(C)(C)C)cs1. The highest BCUT2D eigenvalue weighted by atomic mass is 32.1. The minimum Gasteiger partial charge on any atom is -0.311 e. The Morgan fingerprint density at radius 3 is 2.90 bits per heavy atom. The number of likely N-dealkylation sites (tertiary alicyclic amines) is 1. The molecule has 0 radical (unpaired) electrons. The number of rotatable bonds is 6. The van der Waals surface area contributed by atoms with Crippen molar-refractivity contribution >= 4 is 11.3 Å². The second-order valence-electron chi connectivity index (χ2n) is 7.23. The van der Waals surface area contributed by atoms with E-state index < -0.39 is 0 Å². The molecule has 3 nitrogen and oxygen atoms in total. The molecule has 4 heteroatoms. The maximum Gasteiger partial charge on any atom is 0.0928 e. The van der Waals surface area contributed by atoms with Crippen LogP contribution in [0.5, 0.6) is 0 Å². The van der Waals surface area contributed by atoms with Crippen LogP contribution in [0.15, 0.2) is 5.38 Å². The lowest BCUT2D eigenvalue weighted by Crippen LogP contribution is -2.49. The summed E-state index contributed by atoms with van der Waals surface area (Å²) < 4.78 is 0. The summed E-state index contributed by atoms with van der Waals surface area (Å²) in [7, 11) is 0. The van der Waals surface area contributed by atoms with Gasteiger partial charge in [0.1, 0.15) is 0 Å². The number of hydrogen-bond acceptors (Lipinski definition) is 4. The van der Waals surface area contributed by atoms with Crippen molar-refractivity contribution < 1.29 is 0 Å². The zero-order valence-corrected chi connectivity index (χ0v) is 14.9. The van der Waals surface area contributed by atoms with Gasteiger partial charge in [0.25, 0.3) is 0 Å². The van der Waals surface area contributed by atoms with E-state index in [1.807, 2.05) is 11.3 Å². The molecule has 21 heavy (non-hydrogen) atoms. The lowest BCUT2D eigenvalue weighted by Gasteiger charge is -2.37. The smallest absolute Gasteiger partial charge is 0.0928 e. The number of nitrogens with one attached hydrogen (secondary N) is 1. The van der Waals surface area contributed by atoms with Crippen LogP contribution < -0.4 is 5.32 Å². The molecule has 0 amide bonds. The molecule has 0 aromatic carbocycles. The molecule has 1 aliphatic rings. The summed E-state index contributed by atoms with van der Waals surface area (Å²) in [6.07, 6.45) is 6.33. The standard InChI is InChI=1S/C17H31N3S/c1-5-8-16-19-14(13-21-16)12-20-10-7-6-9-15(20)11-18-17(2,3)4/h13,15,18H,5-12H2,1-4H3. The van der Waals surface area contributed by atoms with Gasteiger partial charge in [0.2, 0.25) is 0 Å². The largest absolute Gasteiger partial charge is 0.311 e. The molecule has 0 bridgehead atoms. The number of aromatic nitrogens is 1. The van der Waals surface area contributed by atoms with Crippen molar-refractivity contribution in [3.05, 3.63) is 16.1 Å². The van der Waals surface area contributed by atoms with Gasteiger partial charge in [-0.1, -0.05) is 13.3 Å². The van der Waals surface area contributed by atoms with Crippen molar-refractivity contribution in [2.45, 2.75) is 77.9 Å². The molecular weight excluding hydrogens is 278 g/mol. The van der Waals surface area contributed by atoms with E-state index in [4.69, 9.17) is 4.98 Å². The summed E-state index contributed by atoms with van der Waals surface area (Å²) in [6, 6.07) is 0.661. The minimum absolute atomic E-state index is 0.206. The average molecular weight is 310 g/mol. The van der Waals surface area contributed by atoms with E-state index in [1.165, 1.54) is 42.9 Å². The van der Waals surface area contributed by atoms with Gasteiger partial charge in [-0.25, -0.2) is 4.98 Å². The molecule has 2 heterocycles. The van der Waals surface area contributed by atoms with Gasteiger partial charge >= 0.3 is 0 Å². The van der Waals surface area contributed by atoms with Crippen molar-refractivity contribution in [3.8, 4) is 0 Å². The van der Waals surface area contributed by atoms with Crippen LogP contribution in [-0.2, 0) is 13.0 Å². The maximum absolute atomic E-state index is 4.79. The first-order chi connectivity index (χ1) is 9.98. The van der Waals surface area contributed by atoms with Gasteiger partial charge in [0, 0.05) is 30.1 Å². The molecule has 120 valence electrons. The predicted octanol–water partition coefficient (Wildman–Crippen LogP) is 3.84. The molecule has 0 spiro atoms. The van der Waals surface area contributed by atoms with Crippen LogP contribution in [0.3, 0.4) is 0 Å². The van der Waals surface area contributed by atoms with Crippen LogP contribution in [0.2, 0.25) is 0 Å². The Kier molecular flexibility index (Phi) is 6.20. The van der Waals surface area contributed by atoms with E-state index in [1.54, 1.807) is 0 Å². The van der Waals surface area contributed by atoms with Gasteiger partial charge in [-0.2, -0.15) is 0 Å². The first kappa shape index (κ1) is 16.9. The number of thiazole rings is 1. The Morgan fingerprint density at radius 1 is 1.38 bits per heavy atom. The summed E-state index contributed by atoms with van der Waals surface area (Å²) in [5.41, 5.74) is 1.48. The third-order valence-corrected chi connectivity index (χ3v) is 5.00. The highest BCUT2D eigenvalue weighted by molar-refractivity contribution is 7.09. The first-order valence-electron chi connectivity index (χ1n) is 8.40. The average Bonchev–Trinajstić information content (AvgIpc) is 2.85. The summed E-state index contributed by atoms with van der Waals surface area (Å²) >= 11 is 1.83. The Hall–Kier alpha value is -0.450. The molecule has 1 fully saturated rings. The molecule has 1 atom stereocenters. The zero-order valence-electron chi connectivity index (χ0n) is 14.1. The fourth-order valence-corrected chi connectivity index (χ4v) is 3.77. The molecule has 1 aliphatic heterocycles. The van der Waals surface area contributed by atoms with Crippen molar-refractivity contribution in [1.82, 2.24) is 15.2 Å². The van der Waals surface area contributed by atoms with E-state index in [2.05, 4.69) is 43.3 Å². The van der Waals surface area contributed by atoms with Gasteiger partial charge in [0.15, 0.2) is 0 Å². The first-order valence-corrected chi connectivity index (χ1v) is 9.28. The minimum atomic E-state index is 0.206. The Morgan fingerprint density at radius 2 is 2.19 bits per heavy atom. The summed E-state index contributed by atoms with van der Waals surface area (Å²) in [6.45, 7) is 12.3. The van der Waals surface area contributed by atoms with Crippen LogP contribution in [0, 0.1) is 0 Å².